The van der Waals surface area contributed by atoms with E-state index in [1.54, 1.807) is 13.0 Å². The fourth-order valence-corrected chi connectivity index (χ4v) is 2.13. The first-order valence-corrected chi connectivity index (χ1v) is 5.82. The molecule has 0 saturated heterocycles. The lowest BCUT2D eigenvalue weighted by Gasteiger charge is -2.26. The molecule has 0 heterocycles. The Morgan fingerprint density at radius 2 is 2.12 bits per heavy atom. The molecule has 0 aliphatic heterocycles. The van der Waals surface area contributed by atoms with Gasteiger partial charge in [0.25, 0.3) is 0 Å². The first-order chi connectivity index (χ1) is 7.41. The third-order valence-electron chi connectivity index (χ3n) is 2.88. The molecule has 0 spiro atoms. The van der Waals surface area contributed by atoms with Crippen molar-refractivity contribution in [3.05, 3.63) is 33.8 Å². The van der Waals surface area contributed by atoms with Crippen molar-refractivity contribution in [1.82, 2.24) is 0 Å². The summed E-state index contributed by atoms with van der Waals surface area (Å²) in [6, 6.07) is 5.55. The second-order valence-corrected chi connectivity index (χ2v) is 4.99. The Morgan fingerprint density at radius 1 is 1.50 bits per heavy atom. The Morgan fingerprint density at radius 3 is 2.62 bits per heavy atom. The highest BCUT2D eigenvalue weighted by atomic mass is 79.9. The van der Waals surface area contributed by atoms with Crippen LogP contribution in [0.25, 0.3) is 0 Å². The van der Waals surface area contributed by atoms with E-state index >= 15 is 0 Å². The molecule has 88 valence electrons. The summed E-state index contributed by atoms with van der Waals surface area (Å²) in [6.45, 7) is 3.37. The van der Waals surface area contributed by atoms with Crippen LogP contribution in [0.3, 0.4) is 0 Å². The highest BCUT2D eigenvalue weighted by Gasteiger charge is 2.35. The van der Waals surface area contributed by atoms with Crippen molar-refractivity contribution in [2.75, 3.05) is 6.61 Å². The van der Waals surface area contributed by atoms with E-state index in [1.165, 1.54) is 0 Å². The van der Waals surface area contributed by atoms with Gasteiger partial charge in [0, 0.05) is 11.1 Å². The standard InChI is InChI=1S/C12H15BrO3/c1-8-3-4-9(13)7-10(8)12(2,5-6-14)11(15)16/h3-4,7,14H,5-6H2,1-2H3,(H,15,16). The maximum absolute atomic E-state index is 11.3. The van der Waals surface area contributed by atoms with Crippen molar-refractivity contribution >= 4 is 21.9 Å². The van der Waals surface area contributed by atoms with Crippen LogP contribution in [0.5, 0.6) is 0 Å². The van der Waals surface area contributed by atoms with E-state index in [1.807, 2.05) is 19.1 Å². The molecule has 1 atom stereocenters. The number of carboxylic acid groups (broad SMARTS) is 1. The van der Waals surface area contributed by atoms with Crippen molar-refractivity contribution in [3.8, 4) is 0 Å². The summed E-state index contributed by atoms with van der Waals surface area (Å²) in [5.41, 5.74) is 0.618. The van der Waals surface area contributed by atoms with E-state index in [9.17, 15) is 9.90 Å². The zero-order chi connectivity index (χ0) is 12.3. The van der Waals surface area contributed by atoms with E-state index in [0.29, 0.717) is 0 Å². The smallest absolute Gasteiger partial charge is 0.313 e. The number of aliphatic carboxylic acids is 1. The second kappa shape index (κ2) is 4.97. The van der Waals surface area contributed by atoms with Crippen LogP contribution in [0.15, 0.2) is 22.7 Å². The van der Waals surface area contributed by atoms with Gasteiger partial charge in [0.2, 0.25) is 0 Å². The van der Waals surface area contributed by atoms with Gasteiger partial charge >= 0.3 is 5.97 Å². The first-order valence-electron chi connectivity index (χ1n) is 5.02. The van der Waals surface area contributed by atoms with Crippen molar-refractivity contribution in [1.29, 1.82) is 0 Å². The lowest BCUT2D eigenvalue weighted by atomic mass is 9.78. The minimum absolute atomic E-state index is 0.144. The van der Waals surface area contributed by atoms with E-state index in [4.69, 9.17) is 5.11 Å². The van der Waals surface area contributed by atoms with Gasteiger partial charge in [-0.25, -0.2) is 0 Å². The molecule has 0 saturated carbocycles. The molecule has 1 rings (SSSR count). The number of aliphatic hydroxyl groups is 1. The topological polar surface area (TPSA) is 57.5 Å². The third-order valence-corrected chi connectivity index (χ3v) is 3.37. The molecule has 2 N–H and O–H groups in total. The summed E-state index contributed by atoms with van der Waals surface area (Å²) >= 11 is 3.33. The van der Waals surface area contributed by atoms with Gasteiger partial charge in [0.1, 0.15) is 0 Å². The minimum Gasteiger partial charge on any atom is -0.481 e. The molecule has 4 heteroatoms. The van der Waals surface area contributed by atoms with Crippen LogP contribution in [-0.4, -0.2) is 22.8 Å². The quantitative estimate of drug-likeness (QED) is 0.894. The first kappa shape index (κ1) is 13.2. The van der Waals surface area contributed by atoms with Gasteiger partial charge in [-0.2, -0.15) is 0 Å². The van der Waals surface area contributed by atoms with Crippen LogP contribution in [0.4, 0.5) is 0 Å². The summed E-state index contributed by atoms with van der Waals surface area (Å²) < 4.78 is 0.846. The lowest BCUT2D eigenvalue weighted by molar-refractivity contribution is -0.143. The van der Waals surface area contributed by atoms with Crippen LogP contribution in [0.2, 0.25) is 0 Å². The van der Waals surface area contributed by atoms with E-state index in [0.717, 1.165) is 15.6 Å². The summed E-state index contributed by atoms with van der Waals surface area (Å²) in [5.74, 6) is -0.914. The number of carbonyl (C=O) groups is 1. The average Bonchev–Trinajstić information content (AvgIpc) is 2.21. The normalized spacial score (nSPS) is 14.5. The zero-order valence-electron chi connectivity index (χ0n) is 9.33. The number of carboxylic acids is 1. The maximum atomic E-state index is 11.3. The minimum atomic E-state index is -1.04. The van der Waals surface area contributed by atoms with Crippen LogP contribution < -0.4 is 0 Å². The number of aryl methyl sites for hydroxylation is 1. The molecular formula is C12H15BrO3. The van der Waals surface area contributed by atoms with Crippen LogP contribution >= 0.6 is 15.9 Å². The summed E-state index contributed by atoms with van der Waals surface area (Å²) in [5, 5.41) is 18.3. The molecule has 3 nitrogen and oxygen atoms in total. The van der Waals surface area contributed by atoms with Gasteiger partial charge in [-0.15, -0.1) is 0 Å². The van der Waals surface area contributed by atoms with Gasteiger partial charge < -0.3 is 10.2 Å². The lowest BCUT2D eigenvalue weighted by Crippen LogP contribution is -2.34. The zero-order valence-corrected chi connectivity index (χ0v) is 10.9. The number of hydrogen-bond donors (Lipinski definition) is 2. The summed E-state index contributed by atoms with van der Waals surface area (Å²) in [6.07, 6.45) is 0.208. The van der Waals surface area contributed by atoms with E-state index in [2.05, 4.69) is 15.9 Å². The summed E-state index contributed by atoms with van der Waals surface area (Å²) in [7, 11) is 0. The SMILES string of the molecule is Cc1ccc(Br)cc1C(C)(CCO)C(=O)O. The third kappa shape index (κ3) is 2.44. The molecule has 1 unspecified atom stereocenters. The Kier molecular flexibility index (Phi) is 4.10. The second-order valence-electron chi connectivity index (χ2n) is 4.07. The molecule has 0 bridgehead atoms. The van der Waals surface area contributed by atoms with Crippen LogP contribution in [-0.2, 0) is 10.2 Å². The number of hydrogen-bond acceptors (Lipinski definition) is 2. The molecule has 0 radical (unpaired) electrons. The molecular weight excluding hydrogens is 272 g/mol. The molecule has 16 heavy (non-hydrogen) atoms. The van der Waals surface area contributed by atoms with Gasteiger partial charge in [0.15, 0.2) is 0 Å². The molecule has 0 aliphatic carbocycles. The van der Waals surface area contributed by atoms with Crippen LogP contribution in [0, 0.1) is 6.92 Å². The number of rotatable bonds is 4. The predicted molar refractivity (Wildman–Crippen MR) is 65.6 cm³/mol. The van der Waals surface area contributed by atoms with E-state index in [-0.39, 0.29) is 13.0 Å². The average molecular weight is 287 g/mol. The molecule has 0 amide bonds. The van der Waals surface area contributed by atoms with Gasteiger partial charge in [-0.3, -0.25) is 4.79 Å². The van der Waals surface area contributed by atoms with Gasteiger partial charge in [-0.1, -0.05) is 22.0 Å². The van der Waals surface area contributed by atoms with Crippen molar-refractivity contribution < 1.29 is 15.0 Å². The number of halogens is 1. The Hall–Kier alpha value is -0.870. The number of benzene rings is 1. The fraction of sp³-hybridized carbons (Fsp3) is 0.417. The predicted octanol–water partition coefficient (Wildman–Crippen LogP) is 2.48. The van der Waals surface area contributed by atoms with Crippen molar-refractivity contribution in [2.45, 2.75) is 25.7 Å². The van der Waals surface area contributed by atoms with Crippen molar-refractivity contribution in [3.63, 3.8) is 0 Å². The van der Waals surface area contributed by atoms with Gasteiger partial charge in [0.05, 0.1) is 5.41 Å². The van der Waals surface area contributed by atoms with Crippen LogP contribution in [0.1, 0.15) is 24.5 Å². The molecule has 0 fully saturated rings. The van der Waals surface area contributed by atoms with Crippen molar-refractivity contribution in [2.24, 2.45) is 0 Å². The maximum Gasteiger partial charge on any atom is 0.313 e. The Balaban J connectivity index is 3.31. The fourth-order valence-electron chi connectivity index (χ4n) is 1.77. The van der Waals surface area contributed by atoms with E-state index < -0.39 is 11.4 Å². The molecule has 1 aromatic rings. The molecule has 1 aromatic carbocycles. The Labute approximate surface area is 103 Å². The number of aliphatic hydroxyl groups excluding tert-OH is 1. The molecule has 0 aliphatic rings. The summed E-state index contributed by atoms with van der Waals surface area (Å²) in [4.78, 5) is 11.3. The highest BCUT2D eigenvalue weighted by molar-refractivity contribution is 9.10. The molecule has 0 aromatic heterocycles. The highest BCUT2D eigenvalue weighted by Crippen LogP contribution is 2.32. The Bertz CT molecular complexity index is 403. The van der Waals surface area contributed by atoms with Gasteiger partial charge in [-0.05, 0) is 43.5 Å². The largest absolute Gasteiger partial charge is 0.481 e. The monoisotopic (exact) mass is 286 g/mol.